The Morgan fingerprint density at radius 2 is 2.19 bits per heavy atom. The minimum Gasteiger partial charge on any atom is -0.326 e. The Hall–Kier alpha value is -1.40. The molecule has 0 fully saturated rings. The van der Waals surface area contributed by atoms with E-state index in [-0.39, 0.29) is 12.4 Å². The molecule has 2 rings (SSSR count). The second-order valence-corrected chi connectivity index (χ2v) is 4.14. The SMILES string of the molecule is NCc1cccc(CSc2ncn[nH]2)c1F. The maximum absolute atomic E-state index is 13.8. The molecule has 0 radical (unpaired) electrons. The smallest absolute Gasteiger partial charge is 0.183 e. The van der Waals surface area contributed by atoms with Crippen LogP contribution >= 0.6 is 11.8 Å². The second-order valence-electron chi connectivity index (χ2n) is 3.17. The Morgan fingerprint density at radius 1 is 1.38 bits per heavy atom. The maximum atomic E-state index is 13.8. The first-order valence-corrected chi connectivity index (χ1v) is 5.74. The predicted octanol–water partition coefficient (Wildman–Crippen LogP) is 1.69. The van der Waals surface area contributed by atoms with Crippen molar-refractivity contribution < 1.29 is 4.39 Å². The van der Waals surface area contributed by atoms with Crippen LogP contribution in [0.15, 0.2) is 29.7 Å². The van der Waals surface area contributed by atoms with Crippen LogP contribution in [0.25, 0.3) is 0 Å². The highest BCUT2D eigenvalue weighted by molar-refractivity contribution is 7.98. The first-order valence-electron chi connectivity index (χ1n) is 4.75. The monoisotopic (exact) mass is 238 g/mol. The summed E-state index contributed by atoms with van der Waals surface area (Å²) in [6, 6.07) is 5.25. The van der Waals surface area contributed by atoms with Gasteiger partial charge in [0.15, 0.2) is 5.16 Å². The standard InChI is InChI=1S/C10H11FN4S/c11-9-7(4-12)2-1-3-8(9)5-16-10-13-6-14-15-10/h1-3,6H,4-5,12H2,(H,13,14,15). The van der Waals surface area contributed by atoms with Crippen LogP contribution in [0.2, 0.25) is 0 Å². The van der Waals surface area contributed by atoms with E-state index >= 15 is 0 Å². The van der Waals surface area contributed by atoms with E-state index in [1.807, 2.05) is 6.07 Å². The summed E-state index contributed by atoms with van der Waals surface area (Å²) in [4.78, 5) is 3.95. The van der Waals surface area contributed by atoms with Gasteiger partial charge in [0, 0.05) is 17.9 Å². The molecule has 0 spiro atoms. The molecule has 3 N–H and O–H groups in total. The second kappa shape index (κ2) is 5.09. The fourth-order valence-electron chi connectivity index (χ4n) is 1.31. The van der Waals surface area contributed by atoms with Crippen LogP contribution in [-0.4, -0.2) is 15.2 Å². The molecule has 4 nitrogen and oxygen atoms in total. The van der Waals surface area contributed by atoms with Gasteiger partial charge in [0.25, 0.3) is 0 Å². The Labute approximate surface area is 96.5 Å². The van der Waals surface area contributed by atoms with Gasteiger partial charge in [-0.25, -0.2) is 9.37 Å². The molecule has 2 aromatic rings. The van der Waals surface area contributed by atoms with Gasteiger partial charge in [0.1, 0.15) is 12.1 Å². The maximum Gasteiger partial charge on any atom is 0.183 e. The lowest BCUT2D eigenvalue weighted by atomic mass is 10.1. The van der Waals surface area contributed by atoms with Gasteiger partial charge in [0.05, 0.1) is 0 Å². The minimum atomic E-state index is -0.225. The fourth-order valence-corrected chi connectivity index (χ4v) is 2.07. The molecule has 0 saturated heterocycles. The molecule has 1 aromatic carbocycles. The number of thioether (sulfide) groups is 1. The Bertz CT molecular complexity index is 458. The zero-order valence-electron chi connectivity index (χ0n) is 8.48. The highest BCUT2D eigenvalue weighted by Crippen LogP contribution is 2.21. The van der Waals surface area contributed by atoms with Crippen LogP contribution in [0.5, 0.6) is 0 Å². The van der Waals surface area contributed by atoms with Crippen LogP contribution in [0, 0.1) is 5.82 Å². The summed E-state index contributed by atoms with van der Waals surface area (Å²) in [7, 11) is 0. The third-order valence-corrected chi connectivity index (χ3v) is 3.06. The zero-order chi connectivity index (χ0) is 11.4. The summed E-state index contributed by atoms with van der Waals surface area (Å²) < 4.78 is 13.8. The Morgan fingerprint density at radius 3 is 2.88 bits per heavy atom. The largest absolute Gasteiger partial charge is 0.326 e. The van der Waals surface area contributed by atoms with Crippen LogP contribution in [0.4, 0.5) is 4.39 Å². The molecule has 0 aliphatic carbocycles. The number of nitrogens with two attached hydrogens (primary N) is 1. The molecule has 6 heteroatoms. The average Bonchev–Trinajstić information content (AvgIpc) is 2.81. The lowest BCUT2D eigenvalue weighted by Crippen LogP contribution is -2.02. The number of hydrogen-bond donors (Lipinski definition) is 2. The molecule has 16 heavy (non-hydrogen) atoms. The van der Waals surface area contributed by atoms with Crippen molar-refractivity contribution in [2.75, 3.05) is 0 Å². The average molecular weight is 238 g/mol. The van der Waals surface area contributed by atoms with Gasteiger partial charge < -0.3 is 5.73 Å². The quantitative estimate of drug-likeness (QED) is 0.795. The van der Waals surface area contributed by atoms with Gasteiger partial charge >= 0.3 is 0 Å². The fraction of sp³-hybridized carbons (Fsp3) is 0.200. The van der Waals surface area contributed by atoms with Gasteiger partial charge in [-0.3, -0.25) is 5.10 Å². The normalized spacial score (nSPS) is 10.6. The number of hydrogen-bond acceptors (Lipinski definition) is 4. The van der Waals surface area contributed by atoms with E-state index in [9.17, 15) is 4.39 Å². The van der Waals surface area contributed by atoms with Crippen LogP contribution in [0.3, 0.4) is 0 Å². The zero-order valence-corrected chi connectivity index (χ0v) is 9.30. The topological polar surface area (TPSA) is 67.6 Å². The molecule has 0 amide bonds. The van der Waals surface area contributed by atoms with Gasteiger partial charge in [-0.2, -0.15) is 5.10 Å². The summed E-state index contributed by atoms with van der Waals surface area (Å²) in [5, 5.41) is 7.11. The molecule has 0 bridgehead atoms. The molecule has 0 saturated carbocycles. The molecular formula is C10H11FN4S. The molecule has 0 aliphatic heterocycles. The van der Waals surface area contributed by atoms with Crippen molar-refractivity contribution >= 4 is 11.8 Å². The number of benzene rings is 1. The number of aromatic amines is 1. The summed E-state index contributed by atoms with van der Waals surface area (Å²) in [6.07, 6.45) is 1.43. The van der Waals surface area contributed by atoms with Crippen molar-refractivity contribution in [2.24, 2.45) is 5.73 Å². The van der Waals surface area contributed by atoms with Crippen LogP contribution < -0.4 is 5.73 Å². The highest BCUT2D eigenvalue weighted by Gasteiger charge is 2.07. The first-order chi connectivity index (χ1) is 7.81. The number of nitrogens with zero attached hydrogens (tertiary/aromatic N) is 2. The van der Waals surface area contributed by atoms with Crippen molar-refractivity contribution in [3.05, 3.63) is 41.5 Å². The van der Waals surface area contributed by atoms with E-state index in [2.05, 4.69) is 15.2 Å². The molecule has 84 valence electrons. The van der Waals surface area contributed by atoms with Crippen molar-refractivity contribution in [2.45, 2.75) is 17.5 Å². The van der Waals surface area contributed by atoms with Crippen LogP contribution in [-0.2, 0) is 12.3 Å². The van der Waals surface area contributed by atoms with E-state index in [1.165, 1.54) is 18.1 Å². The predicted molar refractivity (Wildman–Crippen MR) is 60.2 cm³/mol. The number of aromatic nitrogens is 3. The lowest BCUT2D eigenvalue weighted by Gasteiger charge is -2.05. The van der Waals surface area contributed by atoms with Gasteiger partial charge in [-0.1, -0.05) is 30.0 Å². The van der Waals surface area contributed by atoms with E-state index in [4.69, 9.17) is 5.73 Å². The first kappa shape index (κ1) is 11.1. The van der Waals surface area contributed by atoms with Crippen molar-refractivity contribution in [3.8, 4) is 0 Å². The summed E-state index contributed by atoms with van der Waals surface area (Å²) in [5.74, 6) is 0.284. The summed E-state index contributed by atoms with van der Waals surface area (Å²) in [6.45, 7) is 0.215. The minimum absolute atomic E-state index is 0.215. The Kier molecular flexibility index (Phi) is 3.53. The molecule has 0 aliphatic rings. The number of rotatable bonds is 4. The number of nitrogens with one attached hydrogen (secondary N) is 1. The molecule has 0 atom stereocenters. The van der Waals surface area contributed by atoms with Crippen molar-refractivity contribution in [1.29, 1.82) is 0 Å². The molecule has 0 unspecified atom stereocenters. The van der Waals surface area contributed by atoms with Crippen LogP contribution in [0.1, 0.15) is 11.1 Å². The Balaban J connectivity index is 2.09. The van der Waals surface area contributed by atoms with E-state index in [0.29, 0.717) is 22.0 Å². The molecular weight excluding hydrogens is 227 g/mol. The van der Waals surface area contributed by atoms with Crippen molar-refractivity contribution in [3.63, 3.8) is 0 Å². The highest BCUT2D eigenvalue weighted by atomic mass is 32.2. The molecule has 1 aromatic heterocycles. The number of halogens is 1. The van der Waals surface area contributed by atoms with E-state index in [1.54, 1.807) is 12.1 Å². The van der Waals surface area contributed by atoms with Crippen molar-refractivity contribution in [1.82, 2.24) is 15.2 Å². The van der Waals surface area contributed by atoms with E-state index in [0.717, 1.165) is 0 Å². The third kappa shape index (κ3) is 2.40. The molecule has 1 heterocycles. The summed E-state index contributed by atoms with van der Waals surface area (Å²) >= 11 is 1.40. The van der Waals surface area contributed by atoms with Gasteiger partial charge in [-0.15, -0.1) is 0 Å². The van der Waals surface area contributed by atoms with Gasteiger partial charge in [0.2, 0.25) is 0 Å². The van der Waals surface area contributed by atoms with E-state index < -0.39 is 0 Å². The van der Waals surface area contributed by atoms with Gasteiger partial charge in [-0.05, 0) is 5.56 Å². The lowest BCUT2D eigenvalue weighted by molar-refractivity contribution is 0.600. The summed E-state index contributed by atoms with van der Waals surface area (Å²) in [5.41, 5.74) is 6.60. The third-order valence-electron chi connectivity index (χ3n) is 2.14. The number of H-pyrrole nitrogens is 1.